The molecule has 0 radical (unpaired) electrons. The predicted molar refractivity (Wildman–Crippen MR) is 52.9 cm³/mol. The van der Waals surface area contributed by atoms with E-state index in [2.05, 4.69) is 20.9 Å². The van der Waals surface area contributed by atoms with Crippen LogP contribution in [0.3, 0.4) is 0 Å². The van der Waals surface area contributed by atoms with Crippen molar-refractivity contribution >= 4 is 21.7 Å². The topological polar surface area (TPSA) is 38.9 Å². The zero-order chi connectivity index (χ0) is 8.55. The lowest BCUT2D eigenvalue weighted by atomic mass is 9.80. The van der Waals surface area contributed by atoms with Crippen molar-refractivity contribution in [2.45, 2.75) is 25.2 Å². The van der Waals surface area contributed by atoms with Crippen molar-refractivity contribution in [1.29, 1.82) is 0 Å². The van der Waals surface area contributed by atoms with E-state index >= 15 is 0 Å². The van der Waals surface area contributed by atoms with Gasteiger partial charge in [0.1, 0.15) is 5.82 Å². The number of anilines is 1. The van der Waals surface area contributed by atoms with Crippen LogP contribution in [0.4, 0.5) is 5.82 Å². The fraction of sp³-hybridized carbons (Fsp3) is 0.444. The zero-order valence-electron chi connectivity index (χ0n) is 6.76. The molecule has 2 N–H and O–H groups in total. The molecule has 1 fully saturated rings. The Morgan fingerprint density at radius 2 is 2.25 bits per heavy atom. The summed E-state index contributed by atoms with van der Waals surface area (Å²) in [7, 11) is 0. The molecule has 1 aliphatic carbocycles. The minimum absolute atomic E-state index is 0.646. The maximum absolute atomic E-state index is 5.79. The summed E-state index contributed by atoms with van der Waals surface area (Å²) >= 11 is 3.50. The fourth-order valence-electron chi connectivity index (χ4n) is 1.57. The van der Waals surface area contributed by atoms with Crippen LogP contribution in [0.5, 0.6) is 0 Å². The van der Waals surface area contributed by atoms with Gasteiger partial charge < -0.3 is 5.73 Å². The highest BCUT2D eigenvalue weighted by molar-refractivity contribution is 9.10. The Kier molecular flexibility index (Phi) is 2.05. The maximum atomic E-state index is 5.79. The second-order valence-corrected chi connectivity index (χ2v) is 4.07. The number of rotatable bonds is 1. The summed E-state index contributed by atoms with van der Waals surface area (Å²) < 4.78 is 1.11. The van der Waals surface area contributed by atoms with Crippen LogP contribution < -0.4 is 5.73 Å². The van der Waals surface area contributed by atoms with E-state index in [1.165, 1.54) is 24.8 Å². The number of nitrogens with two attached hydrogens (primary N) is 1. The Hall–Kier alpha value is -0.570. The molecular formula is C9H11BrN2. The summed E-state index contributed by atoms with van der Waals surface area (Å²) in [5.41, 5.74) is 7.00. The number of nitrogens with zero attached hydrogens (tertiary/aromatic N) is 1. The molecule has 0 spiro atoms. The van der Waals surface area contributed by atoms with E-state index in [0.29, 0.717) is 11.7 Å². The van der Waals surface area contributed by atoms with Gasteiger partial charge in [-0.15, -0.1) is 0 Å². The second-order valence-electron chi connectivity index (χ2n) is 3.22. The fourth-order valence-corrected chi connectivity index (χ4v) is 2.21. The first-order valence-electron chi connectivity index (χ1n) is 4.19. The smallest absolute Gasteiger partial charge is 0.127 e. The van der Waals surface area contributed by atoms with Crippen molar-refractivity contribution < 1.29 is 0 Å². The van der Waals surface area contributed by atoms with Gasteiger partial charge in [-0.1, -0.05) is 22.4 Å². The van der Waals surface area contributed by atoms with Gasteiger partial charge in [0.25, 0.3) is 0 Å². The van der Waals surface area contributed by atoms with E-state index in [0.717, 1.165) is 4.47 Å². The number of halogens is 1. The molecule has 1 aromatic rings. The maximum Gasteiger partial charge on any atom is 0.127 e. The monoisotopic (exact) mass is 226 g/mol. The summed E-state index contributed by atoms with van der Waals surface area (Å²) in [6.45, 7) is 0. The standard InChI is InChI=1S/C9H11BrN2/c10-7-4-5-12-9(11)8(7)6-2-1-3-6/h4-6H,1-3H2,(H2,11,12). The molecular weight excluding hydrogens is 216 g/mol. The van der Waals surface area contributed by atoms with Crippen LogP contribution in [0.2, 0.25) is 0 Å². The molecule has 0 saturated heterocycles. The van der Waals surface area contributed by atoms with Crippen LogP contribution in [-0.2, 0) is 0 Å². The number of hydrogen-bond donors (Lipinski definition) is 1. The lowest BCUT2D eigenvalue weighted by Crippen LogP contribution is -2.12. The van der Waals surface area contributed by atoms with E-state index in [4.69, 9.17) is 5.73 Å². The molecule has 12 heavy (non-hydrogen) atoms. The van der Waals surface area contributed by atoms with Gasteiger partial charge in [0.05, 0.1) is 0 Å². The molecule has 1 aromatic heterocycles. The lowest BCUT2D eigenvalue weighted by Gasteiger charge is -2.27. The molecule has 1 saturated carbocycles. The first-order valence-corrected chi connectivity index (χ1v) is 4.98. The van der Waals surface area contributed by atoms with Crippen molar-refractivity contribution in [3.8, 4) is 0 Å². The van der Waals surface area contributed by atoms with Crippen LogP contribution >= 0.6 is 15.9 Å². The molecule has 3 heteroatoms. The van der Waals surface area contributed by atoms with Gasteiger partial charge in [-0.25, -0.2) is 4.98 Å². The zero-order valence-corrected chi connectivity index (χ0v) is 8.34. The molecule has 1 aliphatic rings. The van der Waals surface area contributed by atoms with Gasteiger partial charge in [-0.3, -0.25) is 0 Å². The summed E-state index contributed by atoms with van der Waals surface area (Å²) in [6.07, 6.45) is 5.58. The van der Waals surface area contributed by atoms with Gasteiger partial charge in [0.15, 0.2) is 0 Å². The SMILES string of the molecule is Nc1nccc(Br)c1C1CCC1. The highest BCUT2D eigenvalue weighted by Gasteiger charge is 2.23. The average molecular weight is 227 g/mol. The van der Waals surface area contributed by atoms with Crippen LogP contribution in [0.15, 0.2) is 16.7 Å². The van der Waals surface area contributed by atoms with Gasteiger partial charge in [0, 0.05) is 16.2 Å². The molecule has 2 nitrogen and oxygen atoms in total. The van der Waals surface area contributed by atoms with Crippen molar-refractivity contribution in [1.82, 2.24) is 4.98 Å². The predicted octanol–water partition coefficient (Wildman–Crippen LogP) is 2.69. The van der Waals surface area contributed by atoms with E-state index in [9.17, 15) is 0 Å². The highest BCUT2D eigenvalue weighted by atomic mass is 79.9. The molecule has 0 aromatic carbocycles. The summed E-state index contributed by atoms with van der Waals surface area (Å²) in [5, 5.41) is 0. The Morgan fingerprint density at radius 1 is 1.50 bits per heavy atom. The van der Waals surface area contributed by atoms with Gasteiger partial charge >= 0.3 is 0 Å². The molecule has 0 aliphatic heterocycles. The van der Waals surface area contributed by atoms with E-state index in [1.807, 2.05) is 6.07 Å². The Labute approximate surface area is 80.3 Å². The summed E-state index contributed by atoms with van der Waals surface area (Å²) in [5.74, 6) is 1.34. The third-order valence-electron chi connectivity index (χ3n) is 2.48. The van der Waals surface area contributed by atoms with Gasteiger partial charge in [-0.05, 0) is 24.8 Å². The second kappa shape index (κ2) is 3.05. The first kappa shape index (κ1) is 8.05. The number of aromatic nitrogens is 1. The van der Waals surface area contributed by atoms with E-state index in [1.54, 1.807) is 6.20 Å². The van der Waals surface area contributed by atoms with Crippen molar-refractivity contribution in [2.24, 2.45) is 0 Å². The molecule has 0 bridgehead atoms. The third kappa shape index (κ3) is 1.22. The van der Waals surface area contributed by atoms with E-state index < -0.39 is 0 Å². The summed E-state index contributed by atoms with van der Waals surface area (Å²) in [4.78, 5) is 4.09. The normalized spacial score (nSPS) is 17.4. The van der Waals surface area contributed by atoms with Crippen LogP contribution in [0, 0.1) is 0 Å². The minimum atomic E-state index is 0.646. The molecule has 64 valence electrons. The quantitative estimate of drug-likeness (QED) is 0.800. The van der Waals surface area contributed by atoms with Crippen LogP contribution in [-0.4, -0.2) is 4.98 Å². The Morgan fingerprint density at radius 3 is 2.75 bits per heavy atom. The molecule has 1 heterocycles. The van der Waals surface area contributed by atoms with Gasteiger partial charge in [-0.2, -0.15) is 0 Å². The average Bonchev–Trinajstić information content (AvgIpc) is 1.93. The lowest BCUT2D eigenvalue weighted by molar-refractivity contribution is 0.419. The highest BCUT2D eigenvalue weighted by Crippen LogP contribution is 2.41. The van der Waals surface area contributed by atoms with Crippen molar-refractivity contribution in [2.75, 3.05) is 5.73 Å². The van der Waals surface area contributed by atoms with Crippen LogP contribution in [0.1, 0.15) is 30.7 Å². The molecule has 0 unspecified atom stereocenters. The van der Waals surface area contributed by atoms with E-state index in [-0.39, 0.29) is 0 Å². The first-order chi connectivity index (χ1) is 5.79. The van der Waals surface area contributed by atoms with Crippen LogP contribution in [0.25, 0.3) is 0 Å². The summed E-state index contributed by atoms with van der Waals surface area (Å²) in [6, 6.07) is 1.96. The molecule has 0 atom stereocenters. The molecule has 0 amide bonds. The number of hydrogen-bond acceptors (Lipinski definition) is 2. The van der Waals surface area contributed by atoms with Crippen molar-refractivity contribution in [3.63, 3.8) is 0 Å². The Balaban J connectivity index is 2.39. The van der Waals surface area contributed by atoms with Crippen molar-refractivity contribution in [3.05, 3.63) is 22.3 Å². The third-order valence-corrected chi connectivity index (χ3v) is 3.17. The number of nitrogen functional groups attached to an aromatic ring is 1. The van der Waals surface area contributed by atoms with Gasteiger partial charge in [0.2, 0.25) is 0 Å². The Bertz CT molecular complexity index is 274. The molecule has 2 rings (SSSR count). The number of pyridine rings is 1. The largest absolute Gasteiger partial charge is 0.383 e. The minimum Gasteiger partial charge on any atom is -0.383 e.